The van der Waals surface area contributed by atoms with Crippen LogP contribution in [-0.2, 0) is 4.79 Å². The van der Waals surface area contributed by atoms with E-state index in [1.165, 1.54) is 0 Å². The van der Waals surface area contributed by atoms with Gasteiger partial charge >= 0.3 is 0 Å². The van der Waals surface area contributed by atoms with Crippen LogP contribution in [0.15, 0.2) is 18.2 Å². The third-order valence-corrected chi connectivity index (χ3v) is 2.66. The van der Waals surface area contributed by atoms with Crippen LogP contribution in [0.1, 0.15) is 19.8 Å². The first-order valence-corrected chi connectivity index (χ1v) is 6.43. The maximum atomic E-state index is 11.7. The largest absolute Gasteiger partial charge is 0.493 e. The molecule has 0 spiro atoms. The van der Waals surface area contributed by atoms with Crippen LogP contribution in [0.5, 0.6) is 11.5 Å². The Hall–Kier alpha value is -1.75. The molecule has 5 heteroatoms. The number of rotatable bonds is 8. The third kappa shape index (κ3) is 5.18. The number of carbonyl (C=O) groups is 1. The van der Waals surface area contributed by atoms with Gasteiger partial charge in [0.05, 0.1) is 20.8 Å². The number of ether oxygens (including phenoxy) is 2. The summed E-state index contributed by atoms with van der Waals surface area (Å²) in [7, 11) is 3.14. The average molecular weight is 266 g/mol. The summed E-state index contributed by atoms with van der Waals surface area (Å²) in [6.45, 7) is 3.29. The monoisotopic (exact) mass is 266 g/mol. The fourth-order valence-corrected chi connectivity index (χ4v) is 1.62. The minimum absolute atomic E-state index is 0.0664. The number of nitrogens with one attached hydrogen (secondary N) is 2. The Kier molecular flexibility index (Phi) is 6.74. The highest BCUT2D eigenvalue weighted by Gasteiger charge is 2.06. The lowest BCUT2D eigenvalue weighted by atomic mass is 10.2. The standard InChI is InChI=1S/C14H22N2O3/c1-4-5-8-15-10-14(17)16-11-6-7-12(18-2)13(9-11)19-3/h6-7,9,15H,4-5,8,10H2,1-3H3,(H,16,17). The molecule has 1 amide bonds. The lowest BCUT2D eigenvalue weighted by Gasteiger charge is -2.10. The van der Waals surface area contributed by atoms with E-state index in [9.17, 15) is 4.79 Å². The number of unbranched alkanes of at least 4 members (excludes halogenated alkanes) is 1. The van der Waals surface area contributed by atoms with Gasteiger partial charge in [-0.1, -0.05) is 13.3 Å². The molecule has 0 atom stereocenters. The number of benzene rings is 1. The molecule has 19 heavy (non-hydrogen) atoms. The van der Waals surface area contributed by atoms with Crippen molar-refractivity contribution in [2.45, 2.75) is 19.8 Å². The molecule has 5 nitrogen and oxygen atoms in total. The van der Waals surface area contributed by atoms with Gasteiger partial charge in [-0.25, -0.2) is 0 Å². The van der Waals surface area contributed by atoms with E-state index in [1.807, 2.05) is 0 Å². The summed E-state index contributed by atoms with van der Waals surface area (Å²) in [4.78, 5) is 11.7. The van der Waals surface area contributed by atoms with Crippen LogP contribution in [0.4, 0.5) is 5.69 Å². The number of hydrogen-bond acceptors (Lipinski definition) is 4. The molecule has 1 aromatic carbocycles. The molecule has 0 radical (unpaired) electrons. The smallest absolute Gasteiger partial charge is 0.238 e. The number of anilines is 1. The molecule has 0 aliphatic rings. The van der Waals surface area contributed by atoms with Gasteiger partial charge in [0.25, 0.3) is 0 Å². The Bertz CT molecular complexity index is 408. The van der Waals surface area contributed by atoms with E-state index in [0.717, 1.165) is 19.4 Å². The molecule has 0 aliphatic carbocycles. The maximum absolute atomic E-state index is 11.7. The molecule has 1 rings (SSSR count). The Labute approximate surface area is 114 Å². The second kappa shape index (κ2) is 8.37. The van der Waals surface area contributed by atoms with Crippen molar-refractivity contribution in [3.8, 4) is 11.5 Å². The quantitative estimate of drug-likeness (QED) is 0.707. The summed E-state index contributed by atoms with van der Waals surface area (Å²) in [6.07, 6.45) is 2.19. The van der Waals surface area contributed by atoms with Crippen molar-refractivity contribution in [3.63, 3.8) is 0 Å². The van der Waals surface area contributed by atoms with E-state index in [1.54, 1.807) is 32.4 Å². The zero-order valence-electron chi connectivity index (χ0n) is 11.8. The topological polar surface area (TPSA) is 59.6 Å². The Morgan fingerprint density at radius 1 is 1.21 bits per heavy atom. The van der Waals surface area contributed by atoms with Gasteiger partial charge in [0.2, 0.25) is 5.91 Å². The SMILES string of the molecule is CCCCNCC(=O)Nc1ccc(OC)c(OC)c1. The van der Waals surface area contributed by atoms with Crippen molar-refractivity contribution in [2.24, 2.45) is 0 Å². The molecule has 1 aromatic rings. The lowest BCUT2D eigenvalue weighted by molar-refractivity contribution is -0.115. The summed E-state index contributed by atoms with van der Waals surface area (Å²) >= 11 is 0. The summed E-state index contributed by atoms with van der Waals surface area (Å²) in [5.74, 6) is 1.17. The minimum atomic E-state index is -0.0664. The van der Waals surface area contributed by atoms with E-state index in [4.69, 9.17) is 9.47 Å². The summed E-state index contributed by atoms with van der Waals surface area (Å²) in [5.41, 5.74) is 0.694. The fraction of sp³-hybridized carbons (Fsp3) is 0.500. The molecule has 106 valence electrons. The molecular formula is C14H22N2O3. The summed E-state index contributed by atoms with van der Waals surface area (Å²) in [6, 6.07) is 5.28. The first kappa shape index (κ1) is 15.3. The molecule has 0 unspecified atom stereocenters. The van der Waals surface area contributed by atoms with Gasteiger partial charge in [-0.05, 0) is 25.1 Å². The van der Waals surface area contributed by atoms with Gasteiger partial charge in [-0.3, -0.25) is 4.79 Å². The summed E-state index contributed by atoms with van der Waals surface area (Å²) in [5, 5.41) is 5.90. The molecule has 0 saturated carbocycles. The van der Waals surface area contributed by atoms with Crippen molar-refractivity contribution in [3.05, 3.63) is 18.2 Å². The van der Waals surface area contributed by atoms with E-state index in [0.29, 0.717) is 23.7 Å². The van der Waals surface area contributed by atoms with Crippen molar-refractivity contribution < 1.29 is 14.3 Å². The number of methoxy groups -OCH3 is 2. The van der Waals surface area contributed by atoms with Crippen molar-refractivity contribution >= 4 is 11.6 Å². The van der Waals surface area contributed by atoms with Crippen LogP contribution >= 0.6 is 0 Å². The zero-order valence-corrected chi connectivity index (χ0v) is 11.8. The molecular weight excluding hydrogens is 244 g/mol. The van der Waals surface area contributed by atoms with E-state index >= 15 is 0 Å². The number of hydrogen-bond donors (Lipinski definition) is 2. The van der Waals surface area contributed by atoms with Crippen LogP contribution in [0, 0.1) is 0 Å². The molecule has 0 aromatic heterocycles. The van der Waals surface area contributed by atoms with Crippen molar-refractivity contribution in [2.75, 3.05) is 32.6 Å². The van der Waals surface area contributed by atoms with E-state index in [2.05, 4.69) is 17.6 Å². The number of amides is 1. The minimum Gasteiger partial charge on any atom is -0.493 e. The third-order valence-electron chi connectivity index (χ3n) is 2.66. The zero-order chi connectivity index (χ0) is 14.1. The highest BCUT2D eigenvalue weighted by Crippen LogP contribution is 2.29. The molecule has 0 saturated heterocycles. The Morgan fingerprint density at radius 3 is 2.58 bits per heavy atom. The number of carbonyl (C=O) groups excluding carboxylic acids is 1. The first-order valence-electron chi connectivity index (χ1n) is 6.43. The van der Waals surface area contributed by atoms with Crippen LogP contribution in [0.2, 0.25) is 0 Å². The highest BCUT2D eigenvalue weighted by molar-refractivity contribution is 5.92. The van der Waals surface area contributed by atoms with Gasteiger partial charge in [0.15, 0.2) is 11.5 Å². The normalized spacial score (nSPS) is 10.1. The van der Waals surface area contributed by atoms with Crippen molar-refractivity contribution in [1.82, 2.24) is 5.32 Å². The van der Waals surface area contributed by atoms with Crippen LogP contribution < -0.4 is 20.1 Å². The Morgan fingerprint density at radius 2 is 1.95 bits per heavy atom. The van der Waals surface area contributed by atoms with Gasteiger partial charge in [0, 0.05) is 11.8 Å². The van der Waals surface area contributed by atoms with Crippen LogP contribution in [0.3, 0.4) is 0 Å². The van der Waals surface area contributed by atoms with E-state index < -0.39 is 0 Å². The maximum Gasteiger partial charge on any atom is 0.238 e. The molecule has 0 aliphatic heterocycles. The molecule has 2 N–H and O–H groups in total. The van der Waals surface area contributed by atoms with Gasteiger partial charge in [-0.15, -0.1) is 0 Å². The fourth-order valence-electron chi connectivity index (χ4n) is 1.62. The second-order valence-corrected chi connectivity index (χ2v) is 4.15. The van der Waals surface area contributed by atoms with Gasteiger partial charge in [-0.2, -0.15) is 0 Å². The van der Waals surface area contributed by atoms with Crippen molar-refractivity contribution in [1.29, 1.82) is 0 Å². The van der Waals surface area contributed by atoms with Gasteiger partial charge in [0.1, 0.15) is 0 Å². The average Bonchev–Trinajstić information content (AvgIpc) is 2.43. The predicted molar refractivity (Wildman–Crippen MR) is 76.0 cm³/mol. The van der Waals surface area contributed by atoms with E-state index in [-0.39, 0.29) is 5.91 Å². The second-order valence-electron chi connectivity index (χ2n) is 4.15. The Balaban J connectivity index is 2.50. The molecule has 0 fully saturated rings. The predicted octanol–water partition coefficient (Wildman–Crippen LogP) is 2.03. The first-order chi connectivity index (χ1) is 9.21. The molecule has 0 bridgehead atoms. The van der Waals surface area contributed by atoms with Crippen LogP contribution in [-0.4, -0.2) is 33.2 Å². The lowest BCUT2D eigenvalue weighted by Crippen LogP contribution is -2.28. The van der Waals surface area contributed by atoms with Gasteiger partial charge < -0.3 is 20.1 Å². The van der Waals surface area contributed by atoms with Crippen LogP contribution in [0.25, 0.3) is 0 Å². The summed E-state index contributed by atoms with van der Waals surface area (Å²) < 4.78 is 10.3. The molecule has 0 heterocycles. The highest BCUT2D eigenvalue weighted by atomic mass is 16.5.